The number of methoxy groups -OCH3 is 1. The second-order valence-electron chi connectivity index (χ2n) is 5.06. The summed E-state index contributed by atoms with van der Waals surface area (Å²) in [6, 6.07) is 12.9. The molecule has 5 heteroatoms. The lowest BCUT2D eigenvalue weighted by Crippen LogP contribution is -2.20. The number of nitrogens with zero attached hydrogens (tertiary/aromatic N) is 1. The molecule has 0 heterocycles. The Morgan fingerprint density at radius 2 is 1.91 bits per heavy atom. The molecular weight excluding hydrogens is 312 g/mol. The standard InChI is InChI=1S/C18H19ClN2O2/c1-4-16(13-7-5-12(2)6-8-13)20-21-18(22)15-11-14(19)9-10-17(15)23-3/h5-11H,4H2,1-3H3,(H,21,22)/b20-16+. The van der Waals surface area contributed by atoms with Gasteiger partial charge in [-0.3, -0.25) is 4.79 Å². The molecule has 0 aliphatic carbocycles. The first kappa shape index (κ1) is 17.0. The molecule has 0 radical (unpaired) electrons. The van der Waals surface area contributed by atoms with Crippen molar-refractivity contribution in [2.45, 2.75) is 20.3 Å². The third kappa shape index (κ3) is 4.33. The van der Waals surface area contributed by atoms with Crippen molar-refractivity contribution in [3.63, 3.8) is 0 Å². The number of rotatable bonds is 5. The van der Waals surface area contributed by atoms with Gasteiger partial charge in [-0.1, -0.05) is 48.4 Å². The van der Waals surface area contributed by atoms with Gasteiger partial charge in [0.05, 0.1) is 18.4 Å². The van der Waals surface area contributed by atoms with Gasteiger partial charge in [0.15, 0.2) is 0 Å². The van der Waals surface area contributed by atoms with Crippen LogP contribution in [0.4, 0.5) is 0 Å². The van der Waals surface area contributed by atoms with Crippen LogP contribution in [-0.4, -0.2) is 18.7 Å². The Morgan fingerprint density at radius 1 is 1.22 bits per heavy atom. The lowest BCUT2D eigenvalue weighted by molar-refractivity contribution is 0.0952. The zero-order valence-corrected chi connectivity index (χ0v) is 14.1. The molecule has 1 amide bonds. The summed E-state index contributed by atoms with van der Waals surface area (Å²) in [5.41, 5.74) is 5.89. The average molecular weight is 331 g/mol. The van der Waals surface area contributed by atoms with Crippen molar-refractivity contribution in [2.24, 2.45) is 5.10 Å². The highest BCUT2D eigenvalue weighted by atomic mass is 35.5. The molecule has 2 rings (SSSR count). The molecular formula is C18H19ClN2O2. The maximum absolute atomic E-state index is 12.3. The number of aryl methyl sites for hydroxylation is 1. The van der Waals surface area contributed by atoms with E-state index in [9.17, 15) is 4.79 Å². The molecule has 4 nitrogen and oxygen atoms in total. The minimum Gasteiger partial charge on any atom is -0.496 e. The highest BCUT2D eigenvalue weighted by molar-refractivity contribution is 6.31. The number of hydrazone groups is 1. The summed E-state index contributed by atoms with van der Waals surface area (Å²) < 4.78 is 5.18. The van der Waals surface area contributed by atoms with Crippen LogP contribution in [0, 0.1) is 6.92 Å². The normalized spacial score (nSPS) is 11.2. The van der Waals surface area contributed by atoms with Crippen LogP contribution in [0.25, 0.3) is 0 Å². The second kappa shape index (κ2) is 7.79. The van der Waals surface area contributed by atoms with Gasteiger partial charge in [0, 0.05) is 5.02 Å². The van der Waals surface area contributed by atoms with Crippen LogP contribution >= 0.6 is 11.6 Å². The molecule has 0 aromatic heterocycles. The summed E-state index contributed by atoms with van der Waals surface area (Å²) in [6.07, 6.45) is 0.704. The zero-order chi connectivity index (χ0) is 16.8. The maximum atomic E-state index is 12.3. The van der Waals surface area contributed by atoms with Crippen molar-refractivity contribution >= 4 is 23.2 Å². The molecule has 0 saturated carbocycles. The number of carbonyl (C=O) groups is 1. The molecule has 0 spiro atoms. The second-order valence-corrected chi connectivity index (χ2v) is 5.50. The van der Waals surface area contributed by atoms with Crippen LogP contribution in [0.15, 0.2) is 47.6 Å². The number of nitrogens with one attached hydrogen (secondary N) is 1. The Bertz CT molecular complexity index is 724. The van der Waals surface area contributed by atoms with E-state index in [1.54, 1.807) is 18.2 Å². The SMILES string of the molecule is CC/C(=N\NC(=O)c1cc(Cl)ccc1OC)c1ccc(C)cc1. The molecule has 0 aliphatic rings. The minimum atomic E-state index is -0.359. The van der Waals surface area contributed by atoms with E-state index in [0.29, 0.717) is 22.8 Å². The summed E-state index contributed by atoms with van der Waals surface area (Å²) in [5, 5.41) is 4.71. The van der Waals surface area contributed by atoms with Gasteiger partial charge in [-0.05, 0) is 37.1 Å². The third-order valence-electron chi connectivity index (χ3n) is 3.42. The molecule has 0 aliphatic heterocycles. The third-order valence-corrected chi connectivity index (χ3v) is 3.65. The molecule has 2 aromatic rings. The van der Waals surface area contributed by atoms with Crippen LogP contribution in [0.3, 0.4) is 0 Å². The lowest BCUT2D eigenvalue weighted by Gasteiger charge is -2.09. The Labute approximate surface area is 141 Å². The number of ether oxygens (including phenoxy) is 1. The van der Waals surface area contributed by atoms with Crippen molar-refractivity contribution in [2.75, 3.05) is 7.11 Å². The van der Waals surface area contributed by atoms with Crippen LogP contribution < -0.4 is 10.2 Å². The van der Waals surface area contributed by atoms with E-state index >= 15 is 0 Å². The smallest absolute Gasteiger partial charge is 0.275 e. The maximum Gasteiger partial charge on any atom is 0.275 e. The van der Waals surface area contributed by atoms with Crippen molar-refractivity contribution in [1.82, 2.24) is 5.43 Å². The summed E-state index contributed by atoms with van der Waals surface area (Å²) >= 11 is 5.95. The number of carbonyl (C=O) groups excluding carboxylic acids is 1. The number of amides is 1. The molecule has 23 heavy (non-hydrogen) atoms. The largest absolute Gasteiger partial charge is 0.496 e. The fraction of sp³-hybridized carbons (Fsp3) is 0.222. The van der Waals surface area contributed by atoms with E-state index in [0.717, 1.165) is 11.3 Å². The highest BCUT2D eigenvalue weighted by Gasteiger charge is 2.13. The van der Waals surface area contributed by atoms with E-state index in [1.807, 2.05) is 38.1 Å². The van der Waals surface area contributed by atoms with Gasteiger partial charge >= 0.3 is 0 Å². The monoisotopic (exact) mass is 330 g/mol. The number of hydrogen-bond acceptors (Lipinski definition) is 3. The van der Waals surface area contributed by atoms with Gasteiger partial charge in [-0.2, -0.15) is 5.10 Å². The van der Waals surface area contributed by atoms with E-state index in [1.165, 1.54) is 12.7 Å². The van der Waals surface area contributed by atoms with E-state index in [-0.39, 0.29) is 5.91 Å². The molecule has 2 aromatic carbocycles. The van der Waals surface area contributed by atoms with E-state index in [4.69, 9.17) is 16.3 Å². The predicted octanol–water partition coefficient (Wildman–Crippen LogP) is 4.20. The first-order valence-electron chi connectivity index (χ1n) is 7.32. The molecule has 0 fully saturated rings. The Morgan fingerprint density at radius 3 is 2.52 bits per heavy atom. The molecule has 0 atom stereocenters. The van der Waals surface area contributed by atoms with Gasteiger partial charge < -0.3 is 4.74 Å². The summed E-state index contributed by atoms with van der Waals surface area (Å²) in [7, 11) is 1.51. The number of benzene rings is 2. The first-order chi connectivity index (χ1) is 11.0. The minimum absolute atomic E-state index is 0.350. The fourth-order valence-electron chi connectivity index (χ4n) is 2.13. The highest BCUT2D eigenvalue weighted by Crippen LogP contribution is 2.22. The van der Waals surface area contributed by atoms with Gasteiger partial charge in [0.1, 0.15) is 5.75 Å². The van der Waals surface area contributed by atoms with Crippen molar-refractivity contribution in [1.29, 1.82) is 0 Å². The van der Waals surface area contributed by atoms with Gasteiger partial charge in [-0.15, -0.1) is 0 Å². The zero-order valence-electron chi connectivity index (χ0n) is 13.4. The lowest BCUT2D eigenvalue weighted by atomic mass is 10.1. The van der Waals surface area contributed by atoms with Crippen molar-refractivity contribution in [3.05, 3.63) is 64.2 Å². The van der Waals surface area contributed by atoms with Gasteiger partial charge in [0.25, 0.3) is 5.91 Å². The molecule has 0 saturated heterocycles. The predicted molar refractivity (Wildman–Crippen MR) is 93.5 cm³/mol. The molecule has 0 unspecified atom stereocenters. The Balaban J connectivity index is 2.22. The first-order valence-corrected chi connectivity index (χ1v) is 7.70. The summed E-state index contributed by atoms with van der Waals surface area (Å²) in [6.45, 7) is 4.02. The number of hydrogen-bond donors (Lipinski definition) is 1. The Hall–Kier alpha value is -2.33. The number of halogens is 1. The molecule has 0 bridgehead atoms. The molecule has 120 valence electrons. The fourth-order valence-corrected chi connectivity index (χ4v) is 2.30. The van der Waals surface area contributed by atoms with Crippen LogP contribution in [0.2, 0.25) is 5.02 Å². The summed E-state index contributed by atoms with van der Waals surface area (Å²) in [5.74, 6) is 0.0953. The molecule has 1 N–H and O–H groups in total. The van der Waals surface area contributed by atoms with E-state index in [2.05, 4.69) is 10.5 Å². The van der Waals surface area contributed by atoms with Crippen LogP contribution in [-0.2, 0) is 0 Å². The van der Waals surface area contributed by atoms with Gasteiger partial charge in [0.2, 0.25) is 0 Å². The summed E-state index contributed by atoms with van der Waals surface area (Å²) in [4.78, 5) is 12.3. The average Bonchev–Trinajstić information content (AvgIpc) is 2.56. The van der Waals surface area contributed by atoms with Crippen LogP contribution in [0.1, 0.15) is 34.8 Å². The topological polar surface area (TPSA) is 50.7 Å². The van der Waals surface area contributed by atoms with Gasteiger partial charge in [-0.25, -0.2) is 5.43 Å². The quantitative estimate of drug-likeness (QED) is 0.659. The van der Waals surface area contributed by atoms with E-state index < -0.39 is 0 Å². The van der Waals surface area contributed by atoms with Crippen LogP contribution in [0.5, 0.6) is 5.75 Å². The van der Waals surface area contributed by atoms with Crippen molar-refractivity contribution in [3.8, 4) is 5.75 Å². The Kier molecular flexibility index (Phi) is 5.77. The van der Waals surface area contributed by atoms with Crippen molar-refractivity contribution < 1.29 is 9.53 Å².